The van der Waals surface area contributed by atoms with Crippen LogP contribution in [0.15, 0.2) is 91.0 Å². The van der Waals surface area contributed by atoms with E-state index in [0.717, 1.165) is 47.5 Å². The summed E-state index contributed by atoms with van der Waals surface area (Å²) in [6, 6.07) is 26.3. The summed E-state index contributed by atoms with van der Waals surface area (Å²) in [5.74, 6) is 0.693. The Labute approximate surface area is 224 Å². The second-order valence-corrected chi connectivity index (χ2v) is 9.63. The van der Waals surface area contributed by atoms with Gasteiger partial charge in [-0.25, -0.2) is 4.79 Å². The third-order valence-electron chi connectivity index (χ3n) is 7.06. The van der Waals surface area contributed by atoms with E-state index in [0.29, 0.717) is 12.3 Å². The molecule has 2 atom stereocenters. The van der Waals surface area contributed by atoms with E-state index in [-0.39, 0.29) is 24.2 Å². The standard InChI is InChI=1S/C31H29F3N2O3/c32-31(33,34)27-9-3-4-10-29(27)38-20-21-12-14-23(15-13-21)25-16-17-35-18-24(25)19-36-30(37)39-28-11-5-7-22-6-1-2-8-26(22)28/h1-15,24-25,35H,16-20H2,(H,36,37). The minimum atomic E-state index is -4.47. The summed E-state index contributed by atoms with van der Waals surface area (Å²) in [5.41, 5.74) is 1.11. The fourth-order valence-electron chi connectivity index (χ4n) is 5.06. The highest BCUT2D eigenvalue weighted by Gasteiger charge is 2.34. The summed E-state index contributed by atoms with van der Waals surface area (Å²) < 4.78 is 50.8. The smallest absolute Gasteiger partial charge is 0.419 e. The fourth-order valence-corrected chi connectivity index (χ4v) is 5.06. The lowest BCUT2D eigenvalue weighted by Gasteiger charge is -2.32. The largest absolute Gasteiger partial charge is 0.488 e. The maximum Gasteiger partial charge on any atom is 0.419 e. The molecule has 0 bridgehead atoms. The Morgan fingerprint density at radius 2 is 1.62 bits per heavy atom. The van der Waals surface area contributed by atoms with E-state index in [1.165, 1.54) is 18.2 Å². The predicted molar refractivity (Wildman–Crippen MR) is 144 cm³/mol. The van der Waals surface area contributed by atoms with E-state index < -0.39 is 17.8 Å². The molecule has 1 aliphatic heterocycles. The van der Waals surface area contributed by atoms with Crippen LogP contribution < -0.4 is 20.1 Å². The van der Waals surface area contributed by atoms with E-state index in [1.54, 1.807) is 6.07 Å². The summed E-state index contributed by atoms with van der Waals surface area (Å²) in [6.45, 7) is 2.09. The number of para-hydroxylation sites is 1. The number of carbonyl (C=O) groups excluding carboxylic acids is 1. The van der Waals surface area contributed by atoms with Gasteiger partial charge in [0.25, 0.3) is 0 Å². The van der Waals surface area contributed by atoms with Crippen LogP contribution in [-0.2, 0) is 12.8 Å². The molecule has 5 rings (SSSR count). The lowest BCUT2D eigenvalue weighted by atomic mass is 9.81. The van der Waals surface area contributed by atoms with Crippen molar-refractivity contribution in [3.63, 3.8) is 0 Å². The molecule has 39 heavy (non-hydrogen) atoms. The molecule has 0 aromatic heterocycles. The number of hydrogen-bond acceptors (Lipinski definition) is 4. The van der Waals surface area contributed by atoms with Crippen molar-refractivity contribution >= 4 is 16.9 Å². The molecular weight excluding hydrogens is 505 g/mol. The minimum Gasteiger partial charge on any atom is -0.488 e. The number of halogens is 3. The summed E-state index contributed by atoms with van der Waals surface area (Å²) >= 11 is 0. The van der Waals surface area contributed by atoms with E-state index in [4.69, 9.17) is 9.47 Å². The highest BCUT2D eigenvalue weighted by molar-refractivity contribution is 5.90. The summed E-state index contributed by atoms with van der Waals surface area (Å²) in [7, 11) is 0. The number of amides is 1. The molecule has 5 nitrogen and oxygen atoms in total. The zero-order valence-electron chi connectivity index (χ0n) is 21.2. The maximum atomic E-state index is 13.2. The van der Waals surface area contributed by atoms with Crippen LogP contribution in [0, 0.1) is 5.92 Å². The van der Waals surface area contributed by atoms with Crippen molar-refractivity contribution in [2.45, 2.75) is 25.1 Å². The van der Waals surface area contributed by atoms with Crippen molar-refractivity contribution in [2.75, 3.05) is 19.6 Å². The number of benzene rings is 4. The third-order valence-corrected chi connectivity index (χ3v) is 7.06. The number of ether oxygens (including phenoxy) is 2. The van der Waals surface area contributed by atoms with E-state index >= 15 is 0 Å². The van der Waals surface area contributed by atoms with Gasteiger partial charge in [-0.1, -0.05) is 72.8 Å². The normalized spacial score (nSPS) is 17.5. The third kappa shape index (κ3) is 6.52. The molecular formula is C31H29F3N2O3. The molecule has 1 saturated heterocycles. The van der Waals surface area contributed by atoms with Crippen LogP contribution in [0.2, 0.25) is 0 Å². The van der Waals surface area contributed by atoms with Gasteiger partial charge in [0.15, 0.2) is 0 Å². The van der Waals surface area contributed by atoms with E-state index in [1.807, 2.05) is 60.7 Å². The van der Waals surface area contributed by atoms with Gasteiger partial charge in [0.1, 0.15) is 18.1 Å². The Bertz CT molecular complexity index is 1420. The Hall–Kier alpha value is -4.04. The van der Waals surface area contributed by atoms with Crippen molar-refractivity contribution in [1.82, 2.24) is 10.6 Å². The van der Waals surface area contributed by atoms with Crippen molar-refractivity contribution in [3.05, 3.63) is 108 Å². The first-order valence-electron chi connectivity index (χ1n) is 12.9. The zero-order valence-corrected chi connectivity index (χ0v) is 21.2. The highest BCUT2D eigenvalue weighted by atomic mass is 19.4. The fraction of sp³-hybridized carbons (Fsp3) is 0.258. The van der Waals surface area contributed by atoms with E-state index in [2.05, 4.69) is 10.6 Å². The first kappa shape index (κ1) is 26.6. The Morgan fingerprint density at radius 3 is 2.44 bits per heavy atom. The van der Waals surface area contributed by atoms with Crippen LogP contribution in [0.5, 0.6) is 11.5 Å². The van der Waals surface area contributed by atoms with Crippen molar-refractivity contribution in [3.8, 4) is 11.5 Å². The summed E-state index contributed by atoms with van der Waals surface area (Å²) in [4.78, 5) is 12.6. The highest BCUT2D eigenvalue weighted by Crippen LogP contribution is 2.36. The van der Waals surface area contributed by atoms with Crippen molar-refractivity contribution in [1.29, 1.82) is 0 Å². The molecule has 2 N–H and O–H groups in total. The predicted octanol–water partition coefficient (Wildman–Crippen LogP) is 6.92. The Balaban J connectivity index is 1.19. The summed E-state index contributed by atoms with van der Waals surface area (Å²) in [6.07, 6.45) is -4.07. The van der Waals surface area contributed by atoms with Gasteiger partial charge >= 0.3 is 12.3 Å². The number of hydrogen-bond donors (Lipinski definition) is 2. The molecule has 0 radical (unpaired) electrons. The first-order chi connectivity index (χ1) is 18.9. The van der Waals surface area contributed by atoms with Crippen LogP contribution in [-0.4, -0.2) is 25.7 Å². The minimum absolute atomic E-state index is 0.0323. The molecule has 0 saturated carbocycles. The monoisotopic (exact) mass is 534 g/mol. The number of piperidine rings is 1. The van der Waals surface area contributed by atoms with Crippen LogP contribution >= 0.6 is 0 Å². The number of fused-ring (bicyclic) bond motifs is 1. The second kappa shape index (κ2) is 11.8. The van der Waals surface area contributed by atoms with Crippen molar-refractivity contribution < 1.29 is 27.4 Å². The molecule has 1 amide bonds. The zero-order chi connectivity index (χ0) is 27.2. The molecule has 8 heteroatoms. The van der Waals surface area contributed by atoms with Gasteiger partial charge in [0.2, 0.25) is 0 Å². The van der Waals surface area contributed by atoms with Gasteiger partial charge in [0.05, 0.1) is 5.56 Å². The topological polar surface area (TPSA) is 59.6 Å². The quantitative estimate of drug-likeness (QED) is 0.270. The molecule has 1 heterocycles. The van der Waals surface area contributed by atoms with Crippen LogP contribution in [0.3, 0.4) is 0 Å². The van der Waals surface area contributed by atoms with Crippen molar-refractivity contribution in [2.24, 2.45) is 5.92 Å². The van der Waals surface area contributed by atoms with Gasteiger partial charge < -0.3 is 20.1 Å². The Morgan fingerprint density at radius 1 is 0.897 bits per heavy atom. The number of carbonyl (C=O) groups is 1. The molecule has 4 aromatic carbocycles. The van der Waals surface area contributed by atoms with Crippen LogP contribution in [0.25, 0.3) is 10.8 Å². The van der Waals surface area contributed by atoms with Gasteiger partial charge in [-0.3, -0.25) is 0 Å². The lowest BCUT2D eigenvalue weighted by Crippen LogP contribution is -2.42. The van der Waals surface area contributed by atoms with Gasteiger partial charge in [-0.15, -0.1) is 0 Å². The molecule has 202 valence electrons. The molecule has 1 aliphatic rings. The van der Waals surface area contributed by atoms with Gasteiger partial charge in [-0.05, 0) is 59.5 Å². The number of alkyl halides is 3. The molecule has 4 aromatic rings. The average molecular weight is 535 g/mol. The van der Waals surface area contributed by atoms with Gasteiger partial charge in [-0.2, -0.15) is 13.2 Å². The second-order valence-electron chi connectivity index (χ2n) is 9.63. The first-order valence-corrected chi connectivity index (χ1v) is 12.9. The average Bonchev–Trinajstić information content (AvgIpc) is 2.95. The SMILES string of the molecule is O=C(NCC1CNCCC1c1ccc(COc2ccccc2C(F)(F)F)cc1)Oc1cccc2ccccc12. The van der Waals surface area contributed by atoms with E-state index in [9.17, 15) is 18.0 Å². The van der Waals surface area contributed by atoms with Crippen LogP contribution in [0.4, 0.5) is 18.0 Å². The Kier molecular flexibility index (Phi) is 8.02. The van der Waals surface area contributed by atoms with Gasteiger partial charge in [0, 0.05) is 18.5 Å². The molecule has 0 spiro atoms. The lowest BCUT2D eigenvalue weighted by molar-refractivity contribution is -0.139. The summed E-state index contributed by atoms with van der Waals surface area (Å²) in [5, 5.41) is 8.19. The molecule has 1 fully saturated rings. The molecule has 2 unspecified atom stereocenters. The van der Waals surface area contributed by atoms with Crippen LogP contribution in [0.1, 0.15) is 29.0 Å². The molecule has 0 aliphatic carbocycles. The maximum absolute atomic E-state index is 13.2. The number of nitrogens with one attached hydrogen (secondary N) is 2. The number of rotatable bonds is 7.